The van der Waals surface area contributed by atoms with Gasteiger partial charge in [0.1, 0.15) is 23.7 Å². The molecule has 14 heteroatoms. The fourth-order valence-electron chi connectivity index (χ4n) is 3.97. The van der Waals surface area contributed by atoms with Crippen LogP contribution >= 0.6 is 11.6 Å². The monoisotopic (exact) mass is 616 g/mol. The molecule has 10 nitrogen and oxygen atoms in total. The topological polar surface area (TPSA) is 114 Å². The van der Waals surface area contributed by atoms with Crippen molar-refractivity contribution in [1.29, 1.82) is 0 Å². The lowest BCUT2D eigenvalue weighted by molar-refractivity contribution is -0.141. The molecule has 1 aliphatic heterocycles. The maximum absolute atomic E-state index is 13.8. The number of fused-ring (bicyclic) bond motifs is 1. The molecule has 5 rings (SSSR count). The number of anilines is 1. The second kappa shape index (κ2) is 11.5. The highest BCUT2D eigenvalue weighted by Crippen LogP contribution is 2.37. The summed E-state index contributed by atoms with van der Waals surface area (Å²) in [6.45, 7) is 4.82. The number of pyridine rings is 1. The Balaban J connectivity index is 1.38. The number of hydrogen-bond donors (Lipinski definition) is 1. The molecule has 2 aromatic heterocycles. The fraction of sp³-hybridized carbons (Fsp3) is 0.241. The molecule has 43 heavy (non-hydrogen) atoms. The zero-order valence-corrected chi connectivity index (χ0v) is 23.7. The second-order valence-corrected chi connectivity index (χ2v) is 10.7. The van der Waals surface area contributed by atoms with E-state index < -0.39 is 41.0 Å². The van der Waals surface area contributed by atoms with Gasteiger partial charge in [-0.3, -0.25) is 4.79 Å². The predicted octanol–water partition coefficient (Wildman–Crippen LogP) is 6.45. The van der Waals surface area contributed by atoms with Crippen LogP contribution in [0.25, 0.3) is 5.69 Å². The molecule has 0 fully saturated rings. The first-order valence-corrected chi connectivity index (χ1v) is 13.1. The Labute approximate surface area is 248 Å². The number of hydrogen-bond acceptors (Lipinski definition) is 8. The zero-order valence-electron chi connectivity index (χ0n) is 23.0. The number of amides is 1. The number of halogens is 4. The number of nitrogens with one attached hydrogen (secondary N) is 1. The van der Waals surface area contributed by atoms with E-state index in [1.807, 2.05) is 0 Å². The van der Waals surface area contributed by atoms with Crippen LogP contribution in [0.15, 0.2) is 60.8 Å². The van der Waals surface area contributed by atoms with E-state index in [0.29, 0.717) is 17.3 Å². The van der Waals surface area contributed by atoms with E-state index in [2.05, 4.69) is 15.4 Å². The minimum atomic E-state index is -4.85. The van der Waals surface area contributed by atoms with Crippen LogP contribution in [0.5, 0.6) is 17.4 Å². The van der Waals surface area contributed by atoms with Gasteiger partial charge in [0.2, 0.25) is 6.79 Å². The van der Waals surface area contributed by atoms with E-state index in [4.69, 9.17) is 30.5 Å². The smallest absolute Gasteiger partial charge is 0.436 e. The summed E-state index contributed by atoms with van der Waals surface area (Å²) in [6.07, 6.45) is -3.47. The van der Waals surface area contributed by atoms with Gasteiger partial charge in [0.25, 0.3) is 11.8 Å². The Kier molecular flexibility index (Phi) is 7.93. The molecule has 0 unspecified atom stereocenters. The van der Waals surface area contributed by atoms with Crippen molar-refractivity contribution < 1.29 is 41.7 Å². The summed E-state index contributed by atoms with van der Waals surface area (Å²) in [5.74, 6) is -0.171. The number of carbonyl (C=O) groups is 2. The number of carbonyl (C=O) groups excluding carboxylic acids is 2. The minimum Gasteiger partial charge on any atom is -0.487 e. The van der Waals surface area contributed by atoms with Crippen molar-refractivity contribution in [3.63, 3.8) is 0 Å². The van der Waals surface area contributed by atoms with Crippen LogP contribution in [0.2, 0.25) is 5.02 Å². The van der Waals surface area contributed by atoms with Crippen LogP contribution in [0.3, 0.4) is 0 Å². The van der Waals surface area contributed by atoms with Crippen molar-refractivity contribution in [2.24, 2.45) is 0 Å². The molecular formula is C29H24ClF3N4O6. The van der Waals surface area contributed by atoms with E-state index in [1.165, 1.54) is 60.8 Å². The third-order valence-corrected chi connectivity index (χ3v) is 6.29. The van der Waals surface area contributed by atoms with Gasteiger partial charge in [-0.1, -0.05) is 17.7 Å². The molecule has 224 valence electrons. The summed E-state index contributed by atoms with van der Waals surface area (Å²) in [4.78, 5) is 29.3. The van der Waals surface area contributed by atoms with Crippen molar-refractivity contribution in [3.05, 3.63) is 88.3 Å². The summed E-state index contributed by atoms with van der Waals surface area (Å²) in [5, 5.41) is 5.71. The standard InChI is InChI=1S/C29H24ClF3N4O6/c1-28(2,3)43-27(39)16-7-9-20(10-8-16)40-14-21-23(30)24(29(31,32)33)36-37(21)19-6-4-5-17(11-19)25(38)35-18-12-22-26(34-13-18)42-15-41-22/h4-13H,14-15H2,1-3H3,(H,35,38). The molecule has 0 saturated carbocycles. The van der Waals surface area contributed by atoms with Gasteiger partial charge in [-0.15, -0.1) is 0 Å². The molecule has 0 radical (unpaired) electrons. The highest BCUT2D eigenvalue weighted by atomic mass is 35.5. The Morgan fingerprint density at radius 2 is 1.79 bits per heavy atom. The van der Waals surface area contributed by atoms with E-state index in [1.54, 1.807) is 20.8 Å². The number of benzene rings is 2. The SMILES string of the molecule is CC(C)(C)OC(=O)c1ccc(OCc2c(Cl)c(C(F)(F)F)nn2-c2cccc(C(=O)Nc3cnc4c(c3)OCO4)c2)cc1. The maximum atomic E-state index is 13.8. The molecule has 3 heterocycles. The number of aromatic nitrogens is 3. The largest absolute Gasteiger partial charge is 0.487 e. The van der Waals surface area contributed by atoms with E-state index >= 15 is 0 Å². The van der Waals surface area contributed by atoms with Gasteiger partial charge in [0.05, 0.1) is 28.2 Å². The third-order valence-electron chi connectivity index (χ3n) is 5.89. The number of esters is 1. The van der Waals surface area contributed by atoms with Crippen molar-refractivity contribution in [1.82, 2.24) is 14.8 Å². The normalized spacial score (nSPS) is 12.6. The van der Waals surface area contributed by atoms with Gasteiger partial charge >= 0.3 is 12.1 Å². The molecule has 2 aromatic carbocycles. The van der Waals surface area contributed by atoms with Gasteiger partial charge in [-0.25, -0.2) is 14.5 Å². The van der Waals surface area contributed by atoms with Gasteiger partial charge in [-0.2, -0.15) is 18.3 Å². The first kappa shape index (κ1) is 29.7. The highest BCUT2D eigenvalue weighted by Gasteiger charge is 2.39. The van der Waals surface area contributed by atoms with Crippen molar-refractivity contribution in [2.45, 2.75) is 39.2 Å². The number of ether oxygens (including phenoxy) is 4. The molecule has 4 aromatic rings. The lowest BCUT2D eigenvalue weighted by Gasteiger charge is -2.19. The van der Waals surface area contributed by atoms with Crippen molar-refractivity contribution >= 4 is 29.2 Å². The zero-order chi connectivity index (χ0) is 30.9. The van der Waals surface area contributed by atoms with Crippen LogP contribution in [0.1, 0.15) is 52.9 Å². The summed E-state index contributed by atoms with van der Waals surface area (Å²) in [7, 11) is 0. The van der Waals surface area contributed by atoms with Gasteiger partial charge in [0.15, 0.2) is 11.4 Å². The summed E-state index contributed by atoms with van der Waals surface area (Å²) in [5.41, 5.74) is -1.24. The van der Waals surface area contributed by atoms with Crippen molar-refractivity contribution in [2.75, 3.05) is 12.1 Å². The lowest BCUT2D eigenvalue weighted by atomic mass is 10.1. The molecule has 0 bridgehead atoms. The van der Waals surface area contributed by atoms with Gasteiger partial charge in [0, 0.05) is 11.6 Å². The minimum absolute atomic E-state index is 0.0115. The quantitative estimate of drug-likeness (QED) is 0.236. The summed E-state index contributed by atoms with van der Waals surface area (Å²) < 4.78 is 63.7. The Bertz CT molecular complexity index is 1680. The van der Waals surface area contributed by atoms with E-state index in [0.717, 1.165) is 4.68 Å². The molecule has 1 aliphatic rings. The molecule has 1 N–H and O–H groups in total. The van der Waals surface area contributed by atoms with Crippen LogP contribution in [0.4, 0.5) is 18.9 Å². The molecule has 0 spiro atoms. The Morgan fingerprint density at radius 1 is 1.05 bits per heavy atom. The van der Waals surface area contributed by atoms with Crippen molar-refractivity contribution in [3.8, 4) is 23.1 Å². The second-order valence-electron chi connectivity index (χ2n) is 10.3. The third kappa shape index (κ3) is 6.83. The highest BCUT2D eigenvalue weighted by molar-refractivity contribution is 6.32. The maximum Gasteiger partial charge on any atom is 0.436 e. The number of nitrogens with zero attached hydrogens (tertiary/aromatic N) is 3. The Morgan fingerprint density at radius 3 is 2.49 bits per heavy atom. The molecule has 1 amide bonds. The average Bonchev–Trinajstić information content (AvgIpc) is 3.55. The van der Waals surface area contributed by atoms with Crippen LogP contribution < -0.4 is 19.5 Å². The van der Waals surface area contributed by atoms with E-state index in [-0.39, 0.29) is 35.1 Å². The fourth-order valence-corrected chi connectivity index (χ4v) is 4.25. The average molecular weight is 617 g/mol. The number of alkyl halides is 3. The first-order chi connectivity index (χ1) is 20.3. The van der Waals surface area contributed by atoms with Gasteiger partial charge in [-0.05, 0) is 63.2 Å². The number of rotatable bonds is 7. The van der Waals surface area contributed by atoms with Crippen LogP contribution in [-0.4, -0.2) is 39.0 Å². The first-order valence-electron chi connectivity index (χ1n) is 12.8. The molecule has 0 aliphatic carbocycles. The molecule has 0 saturated heterocycles. The van der Waals surface area contributed by atoms with Crippen LogP contribution in [0, 0.1) is 0 Å². The predicted molar refractivity (Wildman–Crippen MR) is 148 cm³/mol. The Hall–Kier alpha value is -4.78. The van der Waals surface area contributed by atoms with Gasteiger partial charge < -0.3 is 24.3 Å². The lowest BCUT2D eigenvalue weighted by Crippen LogP contribution is -2.23. The van der Waals surface area contributed by atoms with E-state index in [9.17, 15) is 22.8 Å². The molecular weight excluding hydrogens is 593 g/mol. The molecule has 0 atom stereocenters. The van der Waals surface area contributed by atoms with Crippen LogP contribution in [-0.2, 0) is 17.5 Å². The summed E-state index contributed by atoms with van der Waals surface area (Å²) in [6, 6.07) is 13.3. The summed E-state index contributed by atoms with van der Waals surface area (Å²) >= 11 is 6.16.